The number of carbonyl (C=O) groups excluding carboxylic acids is 1. The minimum absolute atomic E-state index is 0. The fraction of sp³-hybridized carbons (Fsp3) is 0.533. The molecule has 0 aliphatic carbocycles. The molecule has 0 fully saturated rings. The summed E-state index contributed by atoms with van der Waals surface area (Å²) in [7, 11) is 4.75. The Bertz CT molecular complexity index is 453. The van der Waals surface area contributed by atoms with Crippen LogP contribution in [-0.4, -0.2) is 46.4 Å². The first-order valence-electron chi connectivity index (χ1n) is 6.85. The highest BCUT2D eigenvalue weighted by Gasteiger charge is 2.11. The Kier molecular flexibility index (Phi) is 10.4. The van der Waals surface area contributed by atoms with Crippen LogP contribution in [0.3, 0.4) is 0 Å². The number of carbonyl (C=O) groups is 1. The zero-order valence-corrected chi connectivity index (χ0v) is 14.1. The highest BCUT2D eigenvalue weighted by molar-refractivity contribution is 5.85. The molecule has 1 rings (SSSR count). The van der Waals surface area contributed by atoms with Gasteiger partial charge in [-0.3, -0.25) is 4.79 Å². The van der Waals surface area contributed by atoms with Crippen LogP contribution in [0, 0.1) is 0 Å². The molecule has 0 aliphatic heterocycles. The van der Waals surface area contributed by atoms with Crippen molar-refractivity contribution in [1.29, 1.82) is 0 Å². The molecule has 0 heterocycles. The smallest absolute Gasteiger partial charge is 0.222 e. The maximum absolute atomic E-state index is 11.7. The standard InChI is InChI=1S/C15H24N2O4.ClH/c1-19-12(10-16)9-15(18)17-7-6-11-4-5-13(20-2)14(8-11)21-3;/h4-5,8,12H,6-7,9-10,16H2,1-3H3,(H,17,18);1H. The second-order valence-corrected chi connectivity index (χ2v) is 4.59. The molecule has 6 nitrogen and oxygen atoms in total. The van der Waals surface area contributed by atoms with Gasteiger partial charge in [-0.2, -0.15) is 0 Å². The average molecular weight is 333 g/mol. The number of hydrogen-bond donors (Lipinski definition) is 2. The monoisotopic (exact) mass is 332 g/mol. The van der Waals surface area contributed by atoms with Gasteiger partial charge in [0.05, 0.1) is 26.7 Å². The molecule has 1 aromatic carbocycles. The summed E-state index contributed by atoms with van der Waals surface area (Å²) in [6.45, 7) is 0.884. The third-order valence-electron chi connectivity index (χ3n) is 3.19. The minimum atomic E-state index is -0.230. The SMILES string of the molecule is COc1ccc(CCNC(=O)CC(CN)OC)cc1OC.Cl. The summed E-state index contributed by atoms with van der Waals surface area (Å²) < 4.78 is 15.5. The number of methoxy groups -OCH3 is 3. The molecule has 3 N–H and O–H groups in total. The molecule has 0 radical (unpaired) electrons. The normalized spacial score (nSPS) is 11.3. The molecule has 1 atom stereocenters. The second-order valence-electron chi connectivity index (χ2n) is 4.59. The van der Waals surface area contributed by atoms with Crippen LogP contribution in [0.1, 0.15) is 12.0 Å². The summed E-state index contributed by atoms with van der Waals surface area (Å²) in [6.07, 6.45) is 0.761. The van der Waals surface area contributed by atoms with Crippen molar-refractivity contribution < 1.29 is 19.0 Å². The number of ether oxygens (including phenoxy) is 3. The van der Waals surface area contributed by atoms with Gasteiger partial charge in [-0.15, -0.1) is 12.4 Å². The summed E-state index contributed by atoms with van der Waals surface area (Å²) in [5, 5.41) is 2.85. The number of benzene rings is 1. The van der Waals surface area contributed by atoms with E-state index in [1.165, 1.54) is 0 Å². The van der Waals surface area contributed by atoms with Crippen molar-refractivity contribution in [2.45, 2.75) is 18.9 Å². The zero-order valence-electron chi connectivity index (χ0n) is 13.3. The molecule has 1 amide bonds. The lowest BCUT2D eigenvalue weighted by atomic mass is 10.1. The van der Waals surface area contributed by atoms with Crippen LogP contribution in [-0.2, 0) is 16.0 Å². The molecule has 0 saturated heterocycles. The van der Waals surface area contributed by atoms with Crippen LogP contribution >= 0.6 is 12.4 Å². The van der Waals surface area contributed by atoms with Crippen LogP contribution < -0.4 is 20.5 Å². The fourth-order valence-corrected chi connectivity index (χ4v) is 1.92. The van der Waals surface area contributed by atoms with Crippen molar-refractivity contribution in [2.24, 2.45) is 5.73 Å². The van der Waals surface area contributed by atoms with Gasteiger partial charge in [-0.25, -0.2) is 0 Å². The first-order chi connectivity index (χ1) is 10.1. The van der Waals surface area contributed by atoms with Gasteiger partial charge in [0.2, 0.25) is 5.91 Å². The van der Waals surface area contributed by atoms with Gasteiger partial charge >= 0.3 is 0 Å². The molecule has 126 valence electrons. The zero-order chi connectivity index (χ0) is 15.7. The summed E-state index contributed by atoms with van der Waals surface area (Å²) in [5.41, 5.74) is 6.54. The fourth-order valence-electron chi connectivity index (χ4n) is 1.92. The molecular weight excluding hydrogens is 308 g/mol. The second kappa shape index (κ2) is 11.1. The summed E-state index contributed by atoms with van der Waals surface area (Å²) in [4.78, 5) is 11.7. The van der Waals surface area contributed by atoms with Crippen molar-refractivity contribution in [3.63, 3.8) is 0 Å². The molecule has 1 unspecified atom stereocenters. The summed E-state index contributed by atoms with van der Waals surface area (Å²) in [5.74, 6) is 1.31. The highest BCUT2D eigenvalue weighted by atomic mass is 35.5. The van der Waals surface area contributed by atoms with Gasteiger partial charge in [0.1, 0.15) is 0 Å². The lowest BCUT2D eigenvalue weighted by Crippen LogP contribution is -2.33. The quantitative estimate of drug-likeness (QED) is 0.708. The van der Waals surface area contributed by atoms with Gasteiger partial charge in [-0.1, -0.05) is 6.07 Å². The Balaban J connectivity index is 0.00000441. The van der Waals surface area contributed by atoms with E-state index in [4.69, 9.17) is 19.9 Å². The van der Waals surface area contributed by atoms with Gasteiger partial charge in [0, 0.05) is 20.2 Å². The molecule has 0 bridgehead atoms. The lowest BCUT2D eigenvalue weighted by molar-refractivity contribution is -0.123. The Morgan fingerprint density at radius 3 is 2.45 bits per heavy atom. The van der Waals surface area contributed by atoms with Crippen LogP contribution in [0.15, 0.2) is 18.2 Å². The van der Waals surface area contributed by atoms with Crippen LogP contribution in [0.2, 0.25) is 0 Å². The number of nitrogens with one attached hydrogen (secondary N) is 1. The first-order valence-corrected chi connectivity index (χ1v) is 6.85. The van der Waals surface area contributed by atoms with Crippen molar-refractivity contribution in [1.82, 2.24) is 5.32 Å². The van der Waals surface area contributed by atoms with E-state index in [0.717, 1.165) is 5.56 Å². The minimum Gasteiger partial charge on any atom is -0.493 e. The highest BCUT2D eigenvalue weighted by Crippen LogP contribution is 2.27. The van der Waals surface area contributed by atoms with Crippen molar-refractivity contribution in [3.8, 4) is 11.5 Å². The third-order valence-corrected chi connectivity index (χ3v) is 3.19. The van der Waals surface area contributed by atoms with Crippen LogP contribution in [0.25, 0.3) is 0 Å². The molecule has 0 saturated carbocycles. The van der Waals surface area contributed by atoms with Gasteiger partial charge < -0.3 is 25.3 Å². The van der Waals surface area contributed by atoms with Crippen LogP contribution in [0.4, 0.5) is 0 Å². The van der Waals surface area contributed by atoms with E-state index in [1.807, 2.05) is 18.2 Å². The van der Waals surface area contributed by atoms with E-state index >= 15 is 0 Å². The lowest BCUT2D eigenvalue weighted by Gasteiger charge is -2.13. The number of hydrogen-bond acceptors (Lipinski definition) is 5. The molecule has 7 heteroatoms. The molecule has 22 heavy (non-hydrogen) atoms. The number of nitrogens with two attached hydrogens (primary N) is 1. The Hall–Kier alpha value is -1.50. The maximum Gasteiger partial charge on any atom is 0.222 e. The number of rotatable bonds is 9. The third kappa shape index (κ3) is 6.51. The van der Waals surface area contributed by atoms with E-state index in [2.05, 4.69) is 5.32 Å². The molecule has 0 aliphatic rings. The van der Waals surface area contributed by atoms with Gasteiger partial charge in [0.25, 0.3) is 0 Å². The van der Waals surface area contributed by atoms with E-state index in [9.17, 15) is 4.79 Å². The summed E-state index contributed by atoms with van der Waals surface area (Å²) in [6, 6.07) is 5.71. The Morgan fingerprint density at radius 1 is 1.23 bits per heavy atom. The molecule has 0 spiro atoms. The predicted molar refractivity (Wildman–Crippen MR) is 88.0 cm³/mol. The Labute approximate surface area is 137 Å². The van der Waals surface area contributed by atoms with Crippen molar-refractivity contribution in [3.05, 3.63) is 23.8 Å². The van der Waals surface area contributed by atoms with Crippen LogP contribution in [0.5, 0.6) is 11.5 Å². The number of amides is 1. The first kappa shape index (κ1) is 20.5. The van der Waals surface area contributed by atoms with E-state index in [0.29, 0.717) is 31.0 Å². The maximum atomic E-state index is 11.7. The van der Waals surface area contributed by atoms with E-state index in [-0.39, 0.29) is 30.8 Å². The van der Waals surface area contributed by atoms with Gasteiger partial charge in [-0.05, 0) is 24.1 Å². The van der Waals surface area contributed by atoms with E-state index in [1.54, 1.807) is 21.3 Å². The van der Waals surface area contributed by atoms with Crippen molar-refractivity contribution >= 4 is 18.3 Å². The van der Waals surface area contributed by atoms with Gasteiger partial charge in [0.15, 0.2) is 11.5 Å². The molecule has 0 aromatic heterocycles. The van der Waals surface area contributed by atoms with E-state index < -0.39 is 0 Å². The summed E-state index contributed by atoms with van der Waals surface area (Å²) >= 11 is 0. The van der Waals surface area contributed by atoms with Crippen molar-refractivity contribution in [2.75, 3.05) is 34.4 Å². The largest absolute Gasteiger partial charge is 0.493 e. The number of halogens is 1. The predicted octanol–water partition coefficient (Wildman–Crippen LogP) is 1.15. The molecular formula is C15H25ClN2O4. The average Bonchev–Trinajstić information content (AvgIpc) is 2.52. The topological polar surface area (TPSA) is 82.8 Å². The Morgan fingerprint density at radius 2 is 1.91 bits per heavy atom. The molecule has 1 aromatic rings.